The van der Waals surface area contributed by atoms with Crippen molar-refractivity contribution < 1.29 is 14.3 Å². The van der Waals surface area contributed by atoms with Gasteiger partial charge in [-0.1, -0.05) is 29.3 Å². The molecule has 6 nitrogen and oxygen atoms in total. The van der Waals surface area contributed by atoms with Gasteiger partial charge in [-0.05, 0) is 49.2 Å². The number of carbonyl (C=O) groups is 2. The number of thioether (sulfide) groups is 1. The molecule has 2 heterocycles. The van der Waals surface area contributed by atoms with Crippen molar-refractivity contribution in [1.29, 1.82) is 0 Å². The highest BCUT2D eigenvalue weighted by atomic mass is 35.5. The zero-order valence-electron chi connectivity index (χ0n) is 17.1. The molecule has 2 aliphatic rings. The number of amides is 3. The van der Waals surface area contributed by atoms with Gasteiger partial charge in [0.05, 0.1) is 27.7 Å². The van der Waals surface area contributed by atoms with E-state index in [0.717, 1.165) is 24.3 Å². The predicted molar refractivity (Wildman–Crippen MR) is 126 cm³/mol. The van der Waals surface area contributed by atoms with E-state index in [-0.39, 0.29) is 16.8 Å². The molecule has 1 spiro atoms. The number of benzene rings is 2. The largest absolute Gasteiger partial charge is 0.497 e. The predicted octanol–water partition coefficient (Wildman–Crippen LogP) is 5.22. The van der Waals surface area contributed by atoms with Crippen LogP contribution in [0.15, 0.2) is 42.5 Å². The molecule has 2 fully saturated rings. The van der Waals surface area contributed by atoms with Crippen LogP contribution in [0.4, 0.5) is 10.5 Å². The summed E-state index contributed by atoms with van der Waals surface area (Å²) in [5.41, 5.74) is 1.14. The van der Waals surface area contributed by atoms with Crippen LogP contribution in [0.25, 0.3) is 0 Å². The molecule has 0 radical (unpaired) electrons. The summed E-state index contributed by atoms with van der Waals surface area (Å²) in [6, 6.07) is 12.1. The van der Waals surface area contributed by atoms with Crippen LogP contribution in [0.5, 0.6) is 5.75 Å². The Labute approximate surface area is 195 Å². The first-order valence-corrected chi connectivity index (χ1v) is 11.8. The molecule has 0 bridgehead atoms. The Morgan fingerprint density at radius 1 is 1.06 bits per heavy atom. The fraction of sp³-hybridized carbons (Fsp3) is 0.364. The first kappa shape index (κ1) is 22.1. The molecule has 1 N–H and O–H groups in total. The number of carbonyl (C=O) groups excluding carboxylic acids is 2. The number of halogens is 2. The number of ether oxygens (including phenoxy) is 1. The average Bonchev–Trinajstić information content (AvgIpc) is 3.19. The third kappa shape index (κ3) is 4.45. The second-order valence-electron chi connectivity index (χ2n) is 7.50. The molecule has 0 unspecified atom stereocenters. The number of urea groups is 1. The minimum Gasteiger partial charge on any atom is -0.497 e. The number of nitrogens with one attached hydrogen (secondary N) is 1. The standard InChI is InChI=1S/C22H23Cl2N3O3S/c1-30-16-7-5-15(6-8-16)20(28)27-13-14-31-22(27)9-11-26(12-10-22)21(29)25-18-4-2-3-17(23)19(18)24/h2-8H,9-14H2,1H3,(H,25,29). The van der Waals surface area contributed by atoms with Gasteiger partial charge in [0.25, 0.3) is 5.91 Å². The van der Waals surface area contributed by atoms with Crippen molar-refractivity contribution in [3.8, 4) is 5.75 Å². The summed E-state index contributed by atoms with van der Waals surface area (Å²) >= 11 is 14.0. The van der Waals surface area contributed by atoms with Gasteiger partial charge in [-0.2, -0.15) is 0 Å². The SMILES string of the molecule is COc1ccc(C(=O)N2CCSC23CCN(C(=O)Nc2cccc(Cl)c2Cl)CC3)cc1. The zero-order valence-corrected chi connectivity index (χ0v) is 19.4. The van der Waals surface area contributed by atoms with E-state index >= 15 is 0 Å². The Morgan fingerprint density at radius 3 is 2.45 bits per heavy atom. The van der Waals surface area contributed by atoms with Crippen LogP contribution >= 0.6 is 35.0 Å². The van der Waals surface area contributed by atoms with Gasteiger partial charge in [0.15, 0.2) is 0 Å². The molecular formula is C22H23Cl2N3O3S. The van der Waals surface area contributed by atoms with Crippen LogP contribution in [0.2, 0.25) is 10.0 Å². The summed E-state index contributed by atoms with van der Waals surface area (Å²) in [4.78, 5) is 29.4. The van der Waals surface area contributed by atoms with Gasteiger partial charge in [-0.25, -0.2) is 4.79 Å². The van der Waals surface area contributed by atoms with Gasteiger partial charge < -0.3 is 19.9 Å². The van der Waals surface area contributed by atoms with Crippen LogP contribution in [0.1, 0.15) is 23.2 Å². The number of hydrogen-bond acceptors (Lipinski definition) is 4. The van der Waals surface area contributed by atoms with E-state index in [0.29, 0.717) is 40.9 Å². The maximum Gasteiger partial charge on any atom is 0.321 e. The van der Waals surface area contributed by atoms with Crippen molar-refractivity contribution in [2.45, 2.75) is 17.7 Å². The Morgan fingerprint density at radius 2 is 1.77 bits per heavy atom. The van der Waals surface area contributed by atoms with Gasteiger partial charge in [0.2, 0.25) is 0 Å². The lowest BCUT2D eigenvalue weighted by atomic mass is 10.0. The Bertz CT molecular complexity index is 978. The maximum absolute atomic E-state index is 13.2. The third-order valence-electron chi connectivity index (χ3n) is 5.78. The molecule has 2 saturated heterocycles. The van der Waals surface area contributed by atoms with Crippen LogP contribution < -0.4 is 10.1 Å². The molecule has 0 saturated carbocycles. The molecule has 4 rings (SSSR count). The second kappa shape index (κ2) is 9.18. The molecule has 3 amide bonds. The number of likely N-dealkylation sites (tertiary alicyclic amines) is 1. The van der Waals surface area contributed by atoms with Crippen molar-refractivity contribution in [1.82, 2.24) is 9.80 Å². The van der Waals surface area contributed by atoms with Gasteiger partial charge in [0, 0.05) is 31.0 Å². The van der Waals surface area contributed by atoms with E-state index in [1.54, 1.807) is 54.5 Å². The highest BCUT2D eigenvalue weighted by molar-refractivity contribution is 8.00. The lowest BCUT2D eigenvalue weighted by Crippen LogP contribution is -2.54. The van der Waals surface area contributed by atoms with E-state index in [1.165, 1.54) is 0 Å². The van der Waals surface area contributed by atoms with Crippen molar-refractivity contribution >= 4 is 52.6 Å². The Hall–Kier alpha value is -2.09. The van der Waals surface area contributed by atoms with Crippen molar-refractivity contribution in [3.05, 3.63) is 58.1 Å². The molecule has 0 aliphatic carbocycles. The van der Waals surface area contributed by atoms with E-state index in [4.69, 9.17) is 27.9 Å². The first-order valence-electron chi connectivity index (χ1n) is 10.0. The lowest BCUT2D eigenvalue weighted by molar-refractivity contribution is 0.0585. The number of anilines is 1. The van der Waals surface area contributed by atoms with Crippen LogP contribution in [0, 0.1) is 0 Å². The Kier molecular flexibility index (Phi) is 6.55. The van der Waals surface area contributed by atoms with Gasteiger partial charge >= 0.3 is 6.03 Å². The average molecular weight is 480 g/mol. The van der Waals surface area contributed by atoms with E-state index in [2.05, 4.69) is 5.32 Å². The Balaban J connectivity index is 1.41. The van der Waals surface area contributed by atoms with Crippen molar-refractivity contribution in [2.24, 2.45) is 0 Å². The summed E-state index contributed by atoms with van der Waals surface area (Å²) in [6.07, 6.45) is 1.44. The van der Waals surface area contributed by atoms with Crippen LogP contribution in [-0.2, 0) is 0 Å². The fourth-order valence-electron chi connectivity index (χ4n) is 4.05. The topological polar surface area (TPSA) is 61.9 Å². The summed E-state index contributed by atoms with van der Waals surface area (Å²) in [5.74, 6) is 1.64. The molecule has 164 valence electrons. The molecular weight excluding hydrogens is 457 g/mol. The zero-order chi connectivity index (χ0) is 22.0. The molecule has 2 aromatic rings. The number of rotatable bonds is 3. The molecule has 31 heavy (non-hydrogen) atoms. The van der Waals surface area contributed by atoms with Gasteiger partial charge in [-0.15, -0.1) is 11.8 Å². The number of nitrogens with zero attached hydrogens (tertiary/aromatic N) is 2. The molecule has 2 aliphatic heterocycles. The molecule has 2 aromatic carbocycles. The third-order valence-corrected chi connectivity index (χ3v) is 8.16. The summed E-state index contributed by atoms with van der Waals surface area (Å²) in [5, 5.41) is 3.56. The summed E-state index contributed by atoms with van der Waals surface area (Å²) in [7, 11) is 1.60. The van der Waals surface area contributed by atoms with E-state index < -0.39 is 0 Å². The quantitative estimate of drug-likeness (QED) is 0.655. The van der Waals surface area contributed by atoms with Crippen LogP contribution in [-0.4, -0.2) is 59.1 Å². The monoisotopic (exact) mass is 479 g/mol. The molecule has 9 heteroatoms. The number of hydrogen-bond donors (Lipinski definition) is 1. The van der Waals surface area contributed by atoms with Crippen molar-refractivity contribution in [3.63, 3.8) is 0 Å². The first-order chi connectivity index (χ1) is 14.9. The van der Waals surface area contributed by atoms with Gasteiger partial charge in [-0.3, -0.25) is 4.79 Å². The summed E-state index contributed by atoms with van der Waals surface area (Å²) in [6.45, 7) is 1.83. The summed E-state index contributed by atoms with van der Waals surface area (Å²) < 4.78 is 5.19. The minimum atomic E-state index is -0.276. The normalized spacial score (nSPS) is 17.6. The fourth-order valence-corrected chi connectivity index (χ4v) is 5.86. The molecule has 0 atom stereocenters. The molecule has 0 aromatic heterocycles. The lowest BCUT2D eigenvalue weighted by Gasteiger charge is -2.44. The smallest absolute Gasteiger partial charge is 0.321 e. The highest BCUT2D eigenvalue weighted by Crippen LogP contribution is 2.44. The van der Waals surface area contributed by atoms with E-state index in [9.17, 15) is 9.59 Å². The highest BCUT2D eigenvalue weighted by Gasteiger charge is 2.47. The van der Waals surface area contributed by atoms with Gasteiger partial charge in [0.1, 0.15) is 5.75 Å². The van der Waals surface area contributed by atoms with Crippen molar-refractivity contribution in [2.75, 3.05) is 37.8 Å². The van der Waals surface area contributed by atoms with Crippen LogP contribution in [0.3, 0.4) is 0 Å². The van der Waals surface area contributed by atoms with E-state index in [1.807, 2.05) is 16.7 Å². The number of methoxy groups -OCH3 is 1. The maximum atomic E-state index is 13.2. The number of piperidine rings is 1. The minimum absolute atomic E-state index is 0.0243. The second-order valence-corrected chi connectivity index (χ2v) is 9.74.